The molecule has 0 saturated heterocycles. The summed E-state index contributed by atoms with van der Waals surface area (Å²) in [4.78, 5) is 0. The molecule has 70 valence electrons. The topological polar surface area (TPSA) is 40.5 Å². The van der Waals surface area contributed by atoms with E-state index in [1.807, 2.05) is 22.6 Å². The van der Waals surface area contributed by atoms with Gasteiger partial charge in [-0.1, -0.05) is 22.6 Å². The van der Waals surface area contributed by atoms with Crippen molar-refractivity contribution in [3.05, 3.63) is 0 Å². The molecular formula is C6H13F2IO2. The molecule has 0 radical (unpaired) electrons. The van der Waals surface area contributed by atoms with Crippen LogP contribution in [0.15, 0.2) is 0 Å². The molecule has 0 aliphatic heterocycles. The lowest BCUT2D eigenvalue weighted by Gasteiger charge is -1.92. The minimum atomic E-state index is -1.02. The van der Waals surface area contributed by atoms with Crippen molar-refractivity contribution in [1.82, 2.24) is 0 Å². The molecule has 0 rings (SSSR count). The van der Waals surface area contributed by atoms with Gasteiger partial charge in [0, 0.05) is 4.43 Å². The van der Waals surface area contributed by atoms with Crippen LogP contribution in [0.2, 0.25) is 0 Å². The van der Waals surface area contributed by atoms with Gasteiger partial charge in [0.2, 0.25) is 0 Å². The predicted molar refractivity (Wildman–Crippen MR) is 48.5 cm³/mol. The second-order valence-corrected chi connectivity index (χ2v) is 2.82. The number of alkyl halides is 3. The molecule has 2 unspecified atom stereocenters. The Kier molecular flexibility index (Phi) is 13.4. The van der Waals surface area contributed by atoms with Gasteiger partial charge < -0.3 is 10.2 Å². The molecule has 0 aromatic rings. The Morgan fingerprint density at radius 3 is 1.91 bits per heavy atom. The molecular weight excluding hydrogens is 269 g/mol. The van der Waals surface area contributed by atoms with Gasteiger partial charge in [0.05, 0.1) is 12.7 Å². The average molecular weight is 282 g/mol. The summed E-state index contributed by atoms with van der Waals surface area (Å²) in [6.45, 7) is 0.420. The van der Waals surface area contributed by atoms with Crippen LogP contribution in [0.4, 0.5) is 8.78 Å². The van der Waals surface area contributed by atoms with Crippen molar-refractivity contribution in [1.29, 1.82) is 0 Å². The van der Waals surface area contributed by atoms with Gasteiger partial charge in [-0.05, 0) is 6.92 Å². The fourth-order valence-electron chi connectivity index (χ4n) is 0.0488. The summed E-state index contributed by atoms with van der Waals surface area (Å²) in [5, 5.41) is 15.9. The summed E-state index contributed by atoms with van der Waals surface area (Å²) in [6.07, 6.45) is -1.81. The average Bonchev–Trinajstić information content (AvgIpc) is 2.04. The largest absolute Gasteiger partial charge is 0.393 e. The zero-order valence-corrected chi connectivity index (χ0v) is 8.46. The third-order valence-electron chi connectivity index (χ3n) is 0.589. The fourth-order valence-corrected chi connectivity index (χ4v) is 0.327. The lowest BCUT2D eigenvalue weighted by Crippen LogP contribution is -2.05. The molecule has 0 aliphatic rings. The lowest BCUT2D eigenvalue weighted by atomic mass is 10.5. The van der Waals surface area contributed by atoms with E-state index in [2.05, 4.69) is 0 Å². The van der Waals surface area contributed by atoms with E-state index in [4.69, 9.17) is 10.2 Å². The summed E-state index contributed by atoms with van der Waals surface area (Å²) in [6, 6.07) is 0. The number of rotatable bonds is 3. The van der Waals surface area contributed by atoms with Crippen LogP contribution in [-0.4, -0.2) is 40.2 Å². The summed E-state index contributed by atoms with van der Waals surface area (Å²) in [7, 11) is 0. The Morgan fingerprint density at radius 2 is 1.91 bits per heavy atom. The molecule has 0 saturated carbocycles. The number of hydrogen-bond donors (Lipinski definition) is 2. The van der Waals surface area contributed by atoms with Crippen LogP contribution in [-0.2, 0) is 0 Å². The Labute approximate surface area is 78.8 Å². The van der Waals surface area contributed by atoms with Crippen molar-refractivity contribution < 1.29 is 19.0 Å². The SMILES string of the molecule is CC(O)CF.OCC(F)CI. The maximum absolute atomic E-state index is 11.6. The number of aliphatic hydroxyl groups is 2. The third-order valence-corrected chi connectivity index (χ3v) is 1.54. The molecule has 0 heterocycles. The van der Waals surface area contributed by atoms with E-state index < -0.39 is 19.0 Å². The highest BCUT2D eigenvalue weighted by molar-refractivity contribution is 14.1. The van der Waals surface area contributed by atoms with Crippen LogP contribution in [0.3, 0.4) is 0 Å². The molecule has 0 bridgehead atoms. The van der Waals surface area contributed by atoms with Crippen molar-refractivity contribution in [2.75, 3.05) is 17.7 Å². The van der Waals surface area contributed by atoms with Gasteiger partial charge in [-0.25, -0.2) is 8.78 Å². The zero-order chi connectivity index (χ0) is 9.28. The van der Waals surface area contributed by atoms with Gasteiger partial charge in [-0.3, -0.25) is 0 Å². The van der Waals surface area contributed by atoms with Crippen LogP contribution in [0, 0.1) is 0 Å². The van der Waals surface area contributed by atoms with E-state index in [9.17, 15) is 8.78 Å². The fraction of sp³-hybridized carbons (Fsp3) is 1.00. The van der Waals surface area contributed by atoms with Gasteiger partial charge in [-0.2, -0.15) is 0 Å². The quantitative estimate of drug-likeness (QED) is 0.601. The van der Waals surface area contributed by atoms with Gasteiger partial charge in [0.25, 0.3) is 0 Å². The predicted octanol–water partition coefficient (Wildman–Crippen LogP) is 1.09. The molecule has 0 aromatic heterocycles. The van der Waals surface area contributed by atoms with Gasteiger partial charge in [-0.15, -0.1) is 0 Å². The first-order valence-electron chi connectivity index (χ1n) is 3.13. The first kappa shape index (κ1) is 14.1. The minimum absolute atomic E-state index is 0.344. The van der Waals surface area contributed by atoms with Crippen molar-refractivity contribution in [3.63, 3.8) is 0 Å². The van der Waals surface area contributed by atoms with E-state index in [0.717, 1.165) is 0 Å². The van der Waals surface area contributed by atoms with E-state index in [-0.39, 0.29) is 6.61 Å². The standard InChI is InChI=1S/C3H6FIO.C3H7FO/c4-3(1-5)2-6;1-3(5)2-4/h3,6H,1-2H2;3,5H,2H2,1H3. The monoisotopic (exact) mass is 282 g/mol. The Balaban J connectivity index is 0. The number of halogens is 3. The molecule has 5 heteroatoms. The molecule has 0 amide bonds. The van der Waals surface area contributed by atoms with Crippen LogP contribution in [0.1, 0.15) is 6.92 Å². The first-order chi connectivity index (χ1) is 5.08. The van der Waals surface area contributed by atoms with Gasteiger partial charge in [0.1, 0.15) is 12.8 Å². The molecule has 0 spiro atoms. The van der Waals surface area contributed by atoms with Crippen molar-refractivity contribution >= 4 is 22.6 Å². The molecule has 0 fully saturated rings. The van der Waals surface area contributed by atoms with Crippen molar-refractivity contribution in [2.45, 2.75) is 19.2 Å². The normalized spacial score (nSPS) is 14.7. The van der Waals surface area contributed by atoms with Gasteiger partial charge in [0.15, 0.2) is 0 Å². The Hall–Kier alpha value is 0.510. The summed E-state index contributed by atoms with van der Waals surface area (Å²) < 4.78 is 22.9. The molecule has 11 heavy (non-hydrogen) atoms. The van der Waals surface area contributed by atoms with Gasteiger partial charge >= 0.3 is 0 Å². The molecule has 2 N–H and O–H groups in total. The summed E-state index contributed by atoms with van der Waals surface area (Å²) >= 11 is 1.88. The van der Waals surface area contributed by atoms with Crippen molar-refractivity contribution in [3.8, 4) is 0 Å². The lowest BCUT2D eigenvalue weighted by molar-refractivity contribution is 0.158. The van der Waals surface area contributed by atoms with Crippen molar-refractivity contribution in [2.24, 2.45) is 0 Å². The number of hydrogen-bond acceptors (Lipinski definition) is 2. The number of aliphatic hydroxyl groups excluding tert-OH is 2. The second-order valence-electron chi connectivity index (χ2n) is 1.94. The van der Waals surface area contributed by atoms with Crippen LogP contribution in [0.25, 0.3) is 0 Å². The highest BCUT2D eigenvalue weighted by Crippen LogP contribution is 1.92. The Bertz CT molecular complexity index is 69.6. The third kappa shape index (κ3) is 18.0. The molecule has 2 nitrogen and oxygen atoms in total. The van der Waals surface area contributed by atoms with E-state index in [0.29, 0.717) is 4.43 Å². The first-order valence-corrected chi connectivity index (χ1v) is 4.65. The van der Waals surface area contributed by atoms with Crippen LogP contribution < -0.4 is 0 Å². The van der Waals surface area contributed by atoms with E-state index in [1.165, 1.54) is 6.92 Å². The molecule has 2 atom stereocenters. The van der Waals surface area contributed by atoms with E-state index in [1.54, 1.807) is 0 Å². The minimum Gasteiger partial charge on any atom is -0.393 e. The molecule has 0 aromatic carbocycles. The Morgan fingerprint density at radius 1 is 1.55 bits per heavy atom. The molecule has 0 aliphatic carbocycles. The zero-order valence-electron chi connectivity index (χ0n) is 6.30. The maximum atomic E-state index is 11.6. The smallest absolute Gasteiger partial charge is 0.132 e. The van der Waals surface area contributed by atoms with Crippen LogP contribution in [0.5, 0.6) is 0 Å². The summed E-state index contributed by atoms with van der Waals surface area (Å²) in [5.41, 5.74) is 0. The van der Waals surface area contributed by atoms with Crippen LogP contribution >= 0.6 is 22.6 Å². The summed E-state index contributed by atoms with van der Waals surface area (Å²) in [5.74, 6) is 0. The van der Waals surface area contributed by atoms with E-state index >= 15 is 0 Å². The highest BCUT2D eigenvalue weighted by atomic mass is 127. The maximum Gasteiger partial charge on any atom is 0.132 e. The second kappa shape index (κ2) is 10.5. The highest BCUT2D eigenvalue weighted by Gasteiger charge is 1.97.